The smallest absolute Gasteiger partial charge is 0.126 e. The first-order valence-electron chi connectivity index (χ1n) is 4.73. The van der Waals surface area contributed by atoms with Crippen molar-refractivity contribution in [2.75, 3.05) is 0 Å². The van der Waals surface area contributed by atoms with E-state index in [9.17, 15) is 5.11 Å². The summed E-state index contributed by atoms with van der Waals surface area (Å²) in [7, 11) is 0. The van der Waals surface area contributed by atoms with Gasteiger partial charge in [0.1, 0.15) is 5.75 Å². The van der Waals surface area contributed by atoms with Gasteiger partial charge in [0.05, 0.1) is 5.52 Å². The van der Waals surface area contributed by atoms with Gasteiger partial charge in [-0.1, -0.05) is 24.3 Å². The molecule has 3 aromatic rings. The highest BCUT2D eigenvalue weighted by molar-refractivity contribution is 6.06. The largest absolute Gasteiger partial charge is 0.507 e. The van der Waals surface area contributed by atoms with Gasteiger partial charge in [0.25, 0.3) is 0 Å². The van der Waals surface area contributed by atoms with Crippen LogP contribution in [0.2, 0.25) is 0 Å². The van der Waals surface area contributed by atoms with Crippen molar-refractivity contribution in [1.82, 2.24) is 4.98 Å². The van der Waals surface area contributed by atoms with Crippen LogP contribution >= 0.6 is 0 Å². The maximum absolute atomic E-state index is 9.68. The molecule has 2 nitrogen and oxygen atoms in total. The van der Waals surface area contributed by atoms with Crippen molar-refractivity contribution < 1.29 is 5.11 Å². The predicted molar refractivity (Wildman–Crippen MR) is 59.7 cm³/mol. The first-order valence-corrected chi connectivity index (χ1v) is 4.73. The lowest BCUT2D eigenvalue weighted by Crippen LogP contribution is -1.81. The SMILES string of the molecule is Oc1ccnc2c1ccc1[c]cccc12. The van der Waals surface area contributed by atoms with Crippen molar-refractivity contribution >= 4 is 21.7 Å². The molecule has 0 aliphatic carbocycles. The fraction of sp³-hybridized carbons (Fsp3) is 0. The van der Waals surface area contributed by atoms with E-state index in [0.29, 0.717) is 0 Å². The average Bonchev–Trinajstić information content (AvgIpc) is 2.29. The molecule has 15 heavy (non-hydrogen) atoms. The molecule has 1 heterocycles. The highest BCUT2D eigenvalue weighted by atomic mass is 16.3. The van der Waals surface area contributed by atoms with Crippen LogP contribution in [0.3, 0.4) is 0 Å². The van der Waals surface area contributed by atoms with Gasteiger partial charge >= 0.3 is 0 Å². The van der Waals surface area contributed by atoms with Crippen LogP contribution in [0, 0.1) is 6.07 Å². The van der Waals surface area contributed by atoms with Gasteiger partial charge in [0.2, 0.25) is 0 Å². The third-order valence-corrected chi connectivity index (χ3v) is 2.53. The molecule has 1 radical (unpaired) electrons. The Morgan fingerprint density at radius 1 is 1.07 bits per heavy atom. The molecule has 0 amide bonds. The molecule has 2 heteroatoms. The van der Waals surface area contributed by atoms with Crippen LogP contribution < -0.4 is 0 Å². The van der Waals surface area contributed by atoms with Gasteiger partial charge in [0, 0.05) is 17.0 Å². The summed E-state index contributed by atoms with van der Waals surface area (Å²) >= 11 is 0. The van der Waals surface area contributed by atoms with E-state index >= 15 is 0 Å². The van der Waals surface area contributed by atoms with Crippen LogP contribution in [0.1, 0.15) is 0 Å². The monoisotopic (exact) mass is 194 g/mol. The average molecular weight is 194 g/mol. The van der Waals surface area contributed by atoms with Crippen LogP contribution in [-0.4, -0.2) is 10.1 Å². The van der Waals surface area contributed by atoms with E-state index in [2.05, 4.69) is 11.1 Å². The van der Waals surface area contributed by atoms with E-state index in [1.54, 1.807) is 12.3 Å². The van der Waals surface area contributed by atoms with Crippen molar-refractivity contribution in [1.29, 1.82) is 0 Å². The molecule has 71 valence electrons. The highest BCUT2D eigenvalue weighted by Crippen LogP contribution is 2.28. The molecule has 3 rings (SSSR count). The number of pyridine rings is 1. The summed E-state index contributed by atoms with van der Waals surface area (Å²) in [6.07, 6.45) is 1.62. The minimum absolute atomic E-state index is 0.269. The summed E-state index contributed by atoms with van der Waals surface area (Å²) in [6.45, 7) is 0. The van der Waals surface area contributed by atoms with E-state index in [-0.39, 0.29) is 5.75 Å². The second-order valence-electron chi connectivity index (χ2n) is 3.42. The summed E-state index contributed by atoms with van der Waals surface area (Å²) in [4.78, 5) is 4.29. The van der Waals surface area contributed by atoms with E-state index in [4.69, 9.17) is 0 Å². The van der Waals surface area contributed by atoms with Gasteiger partial charge in [0.15, 0.2) is 0 Å². The second-order valence-corrected chi connectivity index (χ2v) is 3.42. The molecule has 1 aromatic heterocycles. The van der Waals surface area contributed by atoms with Gasteiger partial charge in [-0.05, 0) is 23.6 Å². The van der Waals surface area contributed by atoms with Gasteiger partial charge < -0.3 is 5.11 Å². The predicted octanol–water partition coefficient (Wildman–Crippen LogP) is 2.89. The third kappa shape index (κ3) is 1.15. The van der Waals surface area contributed by atoms with Gasteiger partial charge in [-0.15, -0.1) is 0 Å². The lowest BCUT2D eigenvalue weighted by atomic mass is 10.1. The fourth-order valence-corrected chi connectivity index (χ4v) is 1.80. The molecule has 1 N–H and O–H groups in total. The molecule has 0 aliphatic rings. The molecule has 0 atom stereocenters. The van der Waals surface area contributed by atoms with E-state index in [0.717, 1.165) is 21.7 Å². The van der Waals surface area contributed by atoms with Crippen molar-refractivity contribution in [2.45, 2.75) is 0 Å². The van der Waals surface area contributed by atoms with Crippen LogP contribution in [0.4, 0.5) is 0 Å². The summed E-state index contributed by atoms with van der Waals surface area (Å²) in [5.41, 5.74) is 0.823. The van der Waals surface area contributed by atoms with E-state index in [1.807, 2.05) is 30.3 Å². The first-order chi connectivity index (χ1) is 7.36. The van der Waals surface area contributed by atoms with Gasteiger partial charge in [-0.25, -0.2) is 0 Å². The Labute approximate surface area is 86.8 Å². The molecule has 0 unspecified atom stereocenters. The van der Waals surface area contributed by atoms with Crippen LogP contribution in [0.15, 0.2) is 42.6 Å². The van der Waals surface area contributed by atoms with Crippen molar-refractivity contribution in [2.24, 2.45) is 0 Å². The third-order valence-electron chi connectivity index (χ3n) is 2.53. The zero-order chi connectivity index (χ0) is 10.3. The number of nitrogens with zero attached hydrogens (tertiary/aromatic N) is 1. The molecule has 0 fully saturated rings. The minimum Gasteiger partial charge on any atom is -0.507 e. The topological polar surface area (TPSA) is 33.1 Å². The van der Waals surface area contributed by atoms with Crippen LogP contribution in [0.25, 0.3) is 21.7 Å². The Morgan fingerprint density at radius 2 is 2.00 bits per heavy atom. The number of hydrogen-bond donors (Lipinski definition) is 1. The van der Waals surface area contributed by atoms with E-state index < -0.39 is 0 Å². The minimum atomic E-state index is 0.269. The number of fused-ring (bicyclic) bond motifs is 3. The first kappa shape index (κ1) is 8.24. The van der Waals surface area contributed by atoms with Crippen molar-refractivity contribution in [3.63, 3.8) is 0 Å². The van der Waals surface area contributed by atoms with Gasteiger partial charge in [-0.3, -0.25) is 4.98 Å². The lowest BCUT2D eigenvalue weighted by molar-refractivity contribution is 0.481. The molecular formula is C13H8NO. The molecule has 0 saturated heterocycles. The Hall–Kier alpha value is -2.09. The normalized spacial score (nSPS) is 10.9. The quantitative estimate of drug-likeness (QED) is 0.558. The van der Waals surface area contributed by atoms with Gasteiger partial charge in [-0.2, -0.15) is 0 Å². The number of benzene rings is 2. The molecule has 0 bridgehead atoms. The Balaban J connectivity index is 2.60. The number of hydrogen-bond acceptors (Lipinski definition) is 2. The maximum Gasteiger partial charge on any atom is 0.126 e. The summed E-state index contributed by atoms with van der Waals surface area (Å²) < 4.78 is 0. The summed E-state index contributed by atoms with van der Waals surface area (Å²) in [5.74, 6) is 0.269. The molecular weight excluding hydrogens is 186 g/mol. The number of aromatic hydroxyl groups is 1. The Kier molecular flexibility index (Phi) is 1.62. The molecule has 2 aromatic carbocycles. The van der Waals surface area contributed by atoms with Crippen molar-refractivity contribution in [3.8, 4) is 5.75 Å². The second kappa shape index (κ2) is 2.95. The lowest BCUT2D eigenvalue weighted by Gasteiger charge is -2.03. The van der Waals surface area contributed by atoms with E-state index in [1.165, 1.54) is 0 Å². The summed E-state index contributed by atoms with van der Waals surface area (Å²) in [5, 5.41) is 12.5. The Morgan fingerprint density at radius 3 is 2.93 bits per heavy atom. The number of aromatic nitrogens is 1. The fourth-order valence-electron chi connectivity index (χ4n) is 1.80. The maximum atomic E-state index is 9.68. The zero-order valence-corrected chi connectivity index (χ0v) is 7.94. The Bertz CT molecular complexity index is 646. The zero-order valence-electron chi connectivity index (χ0n) is 7.94. The highest BCUT2D eigenvalue weighted by Gasteiger charge is 2.03. The van der Waals surface area contributed by atoms with Crippen LogP contribution in [0.5, 0.6) is 5.75 Å². The number of rotatable bonds is 0. The standard InChI is InChI=1S/C13H8NO/c15-12-7-8-14-13-10-4-2-1-3-9(10)5-6-11(12)13/h1-2,4-8H,(H,14,15). The molecule has 0 saturated carbocycles. The van der Waals surface area contributed by atoms with Crippen LogP contribution in [-0.2, 0) is 0 Å². The summed E-state index contributed by atoms with van der Waals surface area (Å²) in [6, 6.07) is 14.3. The molecule has 0 spiro atoms. The van der Waals surface area contributed by atoms with Crippen molar-refractivity contribution in [3.05, 3.63) is 48.7 Å². The molecule has 0 aliphatic heterocycles.